The van der Waals surface area contributed by atoms with Crippen LogP contribution in [0.5, 0.6) is 0 Å². The number of hydrogen-bond acceptors (Lipinski definition) is 4. The van der Waals surface area contributed by atoms with Crippen molar-refractivity contribution in [3.05, 3.63) is 30.0 Å². The summed E-state index contributed by atoms with van der Waals surface area (Å²) in [5.74, 6) is -1.41. The summed E-state index contributed by atoms with van der Waals surface area (Å²) in [5.41, 5.74) is -0.203. The van der Waals surface area contributed by atoms with Gasteiger partial charge in [0.2, 0.25) is 0 Å². The summed E-state index contributed by atoms with van der Waals surface area (Å²) < 4.78 is 38.1. The van der Waals surface area contributed by atoms with Crippen molar-refractivity contribution >= 4 is 22.6 Å². The largest absolute Gasteiger partial charge is 0.476 e. The van der Waals surface area contributed by atoms with E-state index >= 15 is 0 Å². The Kier molecular flexibility index (Phi) is 3.97. The maximum absolute atomic E-state index is 12.7. The summed E-state index contributed by atoms with van der Waals surface area (Å²) in [6, 6.07) is 6.37. The van der Waals surface area contributed by atoms with E-state index < -0.39 is 24.4 Å². The quantitative estimate of drug-likeness (QED) is 0.940. The molecule has 2 aromatic rings. The van der Waals surface area contributed by atoms with Crippen LogP contribution in [-0.4, -0.2) is 40.5 Å². The molecule has 1 N–H and O–H groups in total. The topological polar surface area (TPSA) is 66.3 Å². The molecule has 1 aromatic carbocycles. The molecule has 0 fully saturated rings. The molecular weight excluding hydrogens is 287 g/mol. The fraction of sp³-hybridized carbons (Fsp3) is 0.308. The van der Waals surface area contributed by atoms with E-state index in [0.717, 1.165) is 4.90 Å². The summed E-state index contributed by atoms with van der Waals surface area (Å²) in [6.07, 6.45) is -4.45. The predicted octanol–water partition coefficient (Wildman–Crippen LogP) is 2.72. The molecule has 0 spiro atoms. The first-order chi connectivity index (χ1) is 9.83. The number of carboxylic acids is 1. The molecule has 0 aliphatic carbocycles. The zero-order chi connectivity index (χ0) is 15.6. The number of rotatable bonds is 4. The summed E-state index contributed by atoms with van der Waals surface area (Å²) in [7, 11) is 0. The van der Waals surface area contributed by atoms with Gasteiger partial charge in [0.1, 0.15) is 6.54 Å². The Hall–Kier alpha value is -2.38. The predicted molar refractivity (Wildman–Crippen MR) is 70.4 cm³/mol. The molecule has 1 aromatic heterocycles. The standard InChI is InChI=1S/C13H12F3N3O2/c1-2-19(7-13(14,15)16)11-8-5-3-4-6-9(8)17-18-10(11)12(20)21/h3-6H,2,7H2,1H3,(H,20,21). The SMILES string of the molecule is CCN(CC(F)(F)F)c1c(C(=O)O)nnc2ccccc12. The van der Waals surface area contributed by atoms with Crippen LogP contribution in [0.3, 0.4) is 0 Å². The second-order valence-electron chi connectivity index (χ2n) is 4.35. The van der Waals surface area contributed by atoms with Crippen molar-refractivity contribution in [2.75, 3.05) is 18.0 Å². The average molecular weight is 299 g/mol. The van der Waals surface area contributed by atoms with Crippen LogP contribution < -0.4 is 4.90 Å². The molecule has 0 aliphatic rings. The normalized spacial score (nSPS) is 11.6. The van der Waals surface area contributed by atoms with E-state index in [0.29, 0.717) is 10.9 Å². The Morgan fingerprint density at radius 2 is 1.95 bits per heavy atom. The fourth-order valence-corrected chi connectivity index (χ4v) is 2.07. The second-order valence-corrected chi connectivity index (χ2v) is 4.35. The molecule has 2 rings (SSSR count). The maximum atomic E-state index is 12.7. The molecule has 1 heterocycles. The van der Waals surface area contributed by atoms with Crippen molar-refractivity contribution < 1.29 is 23.1 Å². The number of nitrogens with zero attached hydrogens (tertiary/aromatic N) is 3. The highest BCUT2D eigenvalue weighted by Gasteiger charge is 2.33. The van der Waals surface area contributed by atoms with E-state index in [1.807, 2.05) is 0 Å². The van der Waals surface area contributed by atoms with Gasteiger partial charge in [-0.2, -0.15) is 13.2 Å². The highest BCUT2D eigenvalue weighted by atomic mass is 19.4. The lowest BCUT2D eigenvalue weighted by atomic mass is 10.1. The van der Waals surface area contributed by atoms with Gasteiger partial charge in [-0.1, -0.05) is 18.2 Å². The minimum atomic E-state index is -4.45. The number of fused-ring (bicyclic) bond motifs is 1. The molecule has 0 unspecified atom stereocenters. The van der Waals surface area contributed by atoms with Gasteiger partial charge in [-0.05, 0) is 13.0 Å². The van der Waals surface area contributed by atoms with Crippen molar-refractivity contribution in [3.8, 4) is 0 Å². The number of aromatic nitrogens is 2. The first-order valence-electron chi connectivity index (χ1n) is 6.14. The van der Waals surface area contributed by atoms with Gasteiger partial charge in [-0.15, -0.1) is 10.2 Å². The molecule has 0 amide bonds. The lowest BCUT2D eigenvalue weighted by molar-refractivity contribution is -0.119. The van der Waals surface area contributed by atoms with E-state index in [2.05, 4.69) is 10.2 Å². The van der Waals surface area contributed by atoms with Gasteiger partial charge >= 0.3 is 12.1 Å². The maximum Gasteiger partial charge on any atom is 0.405 e. The first kappa shape index (κ1) is 15.0. The minimum Gasteiger partial charge on any atom is -0.476 e. The summed E-state index contributed by atoms with van der Waals surface area (Å²) in [6.45, 7) is 0.265. The van der Waals surface area contributed by atoms with Crippen molar-refractivity contribution in [1.29, 1.82) is 0 Å². The zero-order valence-corrected chi connectivity index (χ0v) is 11.1. The number of benzene rings is 1. The molecule has 0 aliphatic heterocycles. The van der Waals surface area contributed by atoms with Gasteiger partial charge in [0, 0.05) is 11.9 Å². The van der Waals surface area contributed by atoms with Gasteiger partial charge < -0.3 is 10.0 Å². The van der Waals surface area contributed by atoms with Crippen LogP contribution in [0.15, 0.2) is 24.3 Å². The smallest absolute Gasteiger partial charge is 0.405 e. The van der Waals surface area contributed by atoms with E-state index in [1.54, 1.807) is 18.2 Å². The van der Waals surface area contributed by atoms with Gasteiger partial charge in [-0.25, -0.2) is 4.79 Å². The molecule has 112 valence electrons. The highest BCUT2D eigenvalue weighted by molar-refractivity contribution is 6.02. The molecule has 8 heteroatoms. The number of hydrogen-bond donors (Lipinski definition) is 1. The number of carbonyl (C=O) groups is 1. The van der Waals surface area contributed by atoms with Crippen LogP contribution in [0.1, 0.15) is 17.4 Å². The molecule has 0 atom stereocenters. The third-order valence-corrected chi connectivity index (χ3v) is 2.91. The number of aromatic carboxylic acids is 1. The Balaban J connectivity index is 2.67. The molecule has 5 nitrogen and oxygen atoms in total. The number of alkyl halides is 3. The van der Waals surface area contributed by atoms with E-state index in [4.69, 9.17) is 5.11 Å². The third-order valence-electron chi connectivity index (χ3n) is 2.91. The van der Waals surface area contributed by atoms with Gasteiger partial charge in [0.25, 0.3) is 0 Å². The first-order valence-corrected chi connectivity index (χ1v) is 6.14. The molecule has 0 bridgehead atoms. The van der Waals surface area contributed by atoms with Gasteiger partial charge in [0.05, 0.1) is 11.2 Å². The third kappa shape index (κ3) is 3.21. The average Bonchev–Trinajstić information content (AvgIpc) is 2.42. The summed E-state index contributed by atoms with van der Waals surface area (Å²) in [5, 5.41) is 16.8. The Morgan fingerprint density at radius 3 is 2.52 bits per heavy atom. The van der Waals surface area contributed by atoms with Crippen molar-refractivity contribution in [3.63, 3.8) is 0 Å². The van der Waals surface area contributed by atoms with Crippen LogP contribution in [0.25, 0.3) is 10.9 Å². The molecule has 21 heavy (non-hydrogen) atoms. The molecule has 0 saturated heterocycles. The second kappa shape index (κ2) is 5.55. The molecule has 0 saturated carbocycles. The van der Waals surface area contributed by atoms with Crippen LogP contribution >= 0.6 is 0 Å². The summed E-state index contributed by atoms with van der Waals surface area (Å²) >= 11 is 0. The van der Waals surface area contributed by atoms with Crippen LogP contribution in [0, 0.1) is 0 Å². The van der Waals surface area contributed by atoms with Crippen LogP contribution in [0.4, 0.5) is 18.9 Å². The van der Waals surface area contributed by atoms with Crippen LogP contribution in [0.2, 0.25) is 0 Å². The lowest BCUT2D eigenvalue weighted by Crippen LogP contribution is -2.35. The van der Waals surface area contributed by atoms with Crippen molar-refractivity contribution in [1.82, 2.24) is 10.2 Å². The zero-order valence-electron chi connectivity index (χ0n) is 11.1. The van der Waals surface area contributed by atoms with E-state index in [9.17, 15) is 18.0 Å². The number of anilines is 1. The molecular formula is C13H12F3N3O2. The number of carboxylic acid groups (broad SMARTS) is 1. The Bertz CT molecular complexity index is 673. The number of halogens is 3. The molecule has 0 radical (unpaired) electrons. The van der Waals surface area contributed by atoms with Crippen molar-refractivity contribution in [2.45, 2.75) is 13.1 Å². The van der Waals surface area contributed by atoms with Gasteiger partial charge in [0.15, 0.2) is 5.69 Å². The lowest BCUT2D eigenvalue weighted by Gasteiger charge is -2.26. The monoisotopic (exact) mass is 299 g/mol. The highest BCUT2D eigenvalue weighted by Crippen LogP contribution is 2.30. The van der Waals surface area contributed by atoms with Crippen LogP contribution in [-0.2, 0) is 0 Å². The van der Waals surface area contributed by atoms with E-state index in [-0.39, 0.29) is 12.2 Å². The fourth-order valence-electron chi connectivity index (χ4n) is 2.07. The Labute approximate surface area is 118 Å². The minimum absolute atomic E-state index is 0.00449. The Morgan fingerprint density at radius 1 is 1.29 bits per heavy atom. The van der Waals surface area contributed by atoms with Gasteiger partial charge in [-0.3, -0.25) is 0 Å². The van der Waals surface area contributed by atoms with Crippen molar-refractivity contribution in [2.24, 2.45) is 0 Å². The summed E-state index contributed by atoms with van der Waals surface area (Å²) in [4.78, 5) is 12.2. The van der Waals surface area contributed by atoms with E-state index in [1.165, 1.54) is 13.0 Å².